The standard InChI is InChI=1S/C19H24N2O3/c1-12-5-7-15(20)16(9-12)21-19(22)13(2)10-14-6-8-17(23-3)18(11-14)24-4/h5-9,11,13H,10,20H2,1-4H3,(H,21,22). The van der Waals surface area contributed by atoms with E-state index in [2.05, 4.69) is 5.32 Å². The van der Waals surface area contributed by atoms with Crippen LogP contribution in [-0.2, 0) is 11.2 Å². The van der Waals surface area contributed by atoms with Crippen molar-refractivity contribution in [3.63, 3.8) is 0 Å². The number of amides is 1. The minimum Gasteiger partial charge on any atom is -0.493 e. The molecular weight excluding hydrogens is 304 g/mol. The van der Waals surface area contributed by atoms with Gasteiger partial charge < -0.3 is 20.5 Å². The second-order valence-corrected chi connectivity index (χ2v) is 5.87. The highest BCUT2D eigenvalue weighted by Gasteiger charge is 2.16. The maximum atomic E-state index is 12.4. The fraction of sp³-hybridized carbons (Fsp3) is 0.316. The van der Waals surface area contributed by atoms with Crippen LogP contribution in [0.4, 0.5) is 11.4 Å². The highest BCUT2D eigenvalue weighted by Crippen LogP contribution is 2.29. The molecule has 0 radical (unpaired) electrons. The van der Waals surface area contributed by atoms with E-state index in [4.69, 9.17) is 15.2 Å². The Bertz CT molecular complexity index is 729. The third-order valence-electron chi connectivity index (χ3n) is 3.90. The van der Waals surface area contributed by atoms with Crippen LogP contribution in [0.5, 0.6) is 11.5 Å². The molecular formula is C19H24N2O3. The van der Waals surface area contributed by atoms with Crippen LogP contribution in [0.2, 0.25) is 0 Å². The summed E-state index contributed by atoms with van der Waals surface area (Å²) in [4.78, 5) is 12.4. The molecule has 0 bridgehead atoms. The van der Waals surface area contributed by atoms with Gasteiger partial charge in [-0.2, -0.15) is 0 Å². The summed E-state index contributed by atoms with van der Waals surface area (Å²) >= 11 is 0. The third-order valence-corrected chi connectivity index (χ3v) is 3.90. The summed E-state index contributed by atoms with van der Waals surface area (Å²) in [5, 5.41) is 2.90. The van der Waals surface area contributed by atoms with Crippen LogP contribution in [0.1, 0.15) is 18.1 Å². The number of hydrogen-bond acceptors (Lipinski definition) is 4. The van der Waals surface area contributed by atoms with Gasteiger partial charge in [-0.1, -0.05) is 19.1 Å². The van der Waals surface area contributed by atoms with Crippen molar-refractivity contribution in [1.29, 1.82) is 0 Å². The molecule has 0 fully saturated rings. The molecule has 24 heavy (non-hydrogen) atoms. The lowest BCUT2D eigenvalue weighted by Gasteiger charge is -2.15. The van der Waals surface area contributed by atoms with Crippen LogP contribution in [0.15, 0.2) is 36.4 Å². The number of nitrogens with one attached hydrogen (secondary N) is 1. The van der Waals surface area contributed by atoms with Crippen molar-refractivity contribution in [2.24, 2.45) is 5.92 Å². The van der Waals surface area contributed by atoms with Crippen LogP contribution >= 0.6 is 0 Å². The Morgan fingerprint density at radius 2 is 1.83 bits per heavy atom. The molecule has 128 valence electrons. The maximum Gasteiger partial charge on any atom is 0.227 e. The highest BCUT2D eigenvalue weighted by molar-refractivity contribution is 5.95. The molecule has 2 aromatic rings. The maximum absolute atomic E-state index is 12.4. The number of carbonyl (C=O) groups excluding carboxylic acids is 1. The summed E-state index contributed by atoms with van der Waals surface area (Å²) in [6.07, 6.45) is 0.595. The first-order chi connectivity index (χ1) is 11.4. The molecule has 2 rings (SSSR count). The molecule has 5 heteroatoms. The summed E-state index contributed by atoms with van der Waals surface area (Å²) in [6.45, 7) is 3.85. The Balaban J connectivity index is 2.07. The van der Waals surface area contributed by atoms with E-state index in [1.807, 2.05) is 44.2 Å². The third kappa shape index (κ3) is 4.19. The average Bonchev–Trinajstić information content (AvgIpc) is 2.57. The Morgan fingerprint density at radius 1 is 1.12 bits per heavy atom. The molecule has 0 aromatic heterocycles. The lowest BCUT2D eigenvalue weighted by atomic mass is 9.99. The molecule has 1 amide bonds. The zero-order valence-corrected chi connectivity index (χ0v) is 14.6. The van der Waals surface area contributed by atoms with E-state index >= 15 is 0 Å². The van der Waals surface area contributed by atoms with E-state index in [-0.39, 0.29) is 11.8 Å². The molecule has 5 nitrogen and oxygen atoms in total. The van der Waals surface area contributed by atoms with E-state index in [0.717, 1.165) is 11.1 Å². The van der Waals surface area contributed by atoms with E-state index in [1.54, 1.807) is 20.3 Å². The van der Waals surface area contributed by atoms with Gasteiger partial charge >= 0.3 is 0 Å². The summed E-state index contributed by atoms with van der Waals surface area (Å²) in [5.41, 5.74) is 9.18. The van der Waals surface area contributed by atoms with Crippen LogP contribution in [-0.4, -0.2) is 20.1 Å². The van der Waals surface area contributed by atoms with Gasteiger partial charge in [-0.3, -0.25) is 4.79 Å². The van der Waals surface area contributed by atoms with Crippen molar-refractivity contribution < 1.29 is 14.3 Å². The SMILES string of the molecule is COc1ccc(CC(C)C(=O)Nc2cc(C)ccc2N)cc1OC. The second-order valence-electron chi connectivity index (χ2n) is 5.87. The number of nitrogen functional groups attached to an aromatic ring is 1. The van der Waals surface area contributed by atoms with E-state index < -0.39 is 0 Å². The van der Waals surface area contributed by atoms with E-state index in [0.29, 0.717) is 29.3 Å². The van der Waals surface area contributed by atoms with Crippen LogP contribution < -0.4 is 20.5 Å². The van der Waals surface area contributed by atoms with Crippen molar-refractivity contribution >= 4 is 17.3 Å². The molecule has 3 N–H and O–H groups in total. The van der Waals surface area contributed by atoms with Gasteiger partial charge in [-0.05, 0) is 48.7 Å². The Hall–Kier alpha value is -2.69. The number of anilines is 2. The summed E-state index contributed by atoms with van der Waals surface area (Å²) in [5.74, 6) is 1.06. The molecule has 0 aliphatic heterocycles. The van der Waals surface area contributed by atoms with Crippen molar-refractivity contribution in [1.82, 2.24) is 0 Å². The molecule has 0 saturated carbocycles. The van der Waals surface area contributed by atoms with Gasteiger partial charge in [-0.15, -0.1) is 0 Å². The molecule has 1 atom stereocenters. The largest absolute Gasteiger partial charge is 0.493 e. The minimum absolute atomic E-state index is 0.0675. The number of ether oxygens (including phenoxy) is 2. The fourth-order valence-corrected chi connectivity index (χ4v) is 2.49. The molecule has 0 aliphatic rings. The normalized spacial score (nSPS) is 11.7. The predicted octanol–water partition coefficient (Wildman–Crippen LogP) is 3.41. The van der Waals surface area contributed by atoms with Crippen molar-refractivity contribution in [3.8, 4) is 11.5 Å². The first kappa shape index (κ1) is 17.7. The monoisotopic (exact) mass is 328 g/mol. The fourth-order valence-electron chi connectivity index (χ4n) is 2.49. The number of hydrogen-bond donors (Lipinski definition) is 2. The molecule has 0 heterocycles. The van der Waals surface area contributed by atoms with Gasteiger partial charge in [0.15, 0.2) is 11.5 Å². The van der Waals surface area contributed by atoms with Gasteiger partial charge in [0.1, 0.15) is 0 Å². The number of benzene rings is 2. The summed E-state index contributed by atoms with van der Waals surface area (Å²) < 4.78 is 10.5. The highest BCUT2D eigenvalue weighted by atomic mass is 16.5. The zero-order chi connectivity index (χ0) is 17.7. The van der Waals surface area contributed by atoms with E-state index in [9.17, 15) is 4.79 Å². The molecule has 2 aromatic carbocycles. The number of nitrogens with two attached hydrogens (primary N) is 1. The van der Waals surface area contributed by atoms with Crippen molar-refractivity contribution in [2.45, 2.75) is 20.3 Å². The number of rotatable bonds is 6. The van der Waals surface area contributed by atoms with Gasteiger partial charge in [0.2, 0.25) is 5.91 Å². The zero-order valence-electron chi connectivity index (χ0n) is 14.6. The first-order valence-corrected chi connectivity index (χ1v) is 7.82. The quantitative estimate of drug-likeness (QED) is 0.797. The lowest BCUT2D eigenvalue weighted by Crippen LogP contribution is -2.22. The number of methoxy groups -OCH3 is 2. The molecule has 1 unspecified atom stereocenters. The van der Waals surface area contributed by atoms with Crippen LogP contribution in [0.25, 0.3) is 0 Å². The summed E-state index contributed by atoms with van der Waals surface area (Å²) in [7, 11) is 3.19. The average molecular weight is 328 g/mol. The Kier molecular flexibility index (Phi) is 5.68. The summed E-state index contributed by atoms with van der Waals surface area (Å²) in [6, 6.07) is 11.3. The topological polar surface area (TPSA) is 73.6 Å². The second kappa shape index (κ2) is 7.73. The van der Waals surface area contributed by atoms with Crippen LogP contribution in [0, 0.1) is 12.8 Å². The van der Waals surface area contributed by atoms with Gasteiger partial charge in [0, 0.05) is 5.92 Å². The smallest absolute Gasteiger partial charge is 0.227 e. The molecule has 0 saturated heterocycles. The Labute approximate surface area is 142 Å². The van der Waals surface area contributed by atoms with Crippen LogP contribution in [0.3, 0.4) is 0 Å². The van der Waals surface area contributed by atoms with E-state index in [1.165, 1.54) is 0 Å². The first-order valence-electron chi connectivity index (χ1n) is 7.82. The van der Waals surface area contributed by atoms with Gasteiger partial charge in [0.05, 0.1) is 25.6 Å². The van der Waals surface area contributed by atoms with Gasteiger partial charge in [0.25, 0.3) is 0 Å². The number of carbonyl (C=O) groups is 1. The number of aryl methyl sites for hydroxylation is 1. The van der Waals surface area contributed by atoms with Crippen molar-refractivity contribution in [2.75, 3.05) is 25.3 Å². The lowest BCUT2D eigenvalue weighted by molar-refractivity contribution is -0.119. The molecule has 0 spiro atoms. The minimum atomic E-state index is -0.206. The van der Waals surface area contributed by atoms with Gasteiger partial charge in [-0.25, -0.2) is 0 Å². The van der Waals surface area contributed by atoms with Crippen molar-refractivity contribution in [3.05, 3.63) is 47.5 Å². The predicted molar refractivity (Wildman–Crippen MR) is 96.6 cm³/mol. The Morgan fingerprint density at radius 3 is 2.50 bits per heavy atom. The molecule has 0 aliphatic carbocycles.